The molecule has 0 spiro atoms. The zero-order valence-corrected chi connectivity index (χ0v) is 13.4. The summed E-state index contributed by atoms with van der Waals surface area (Å²) in [4.78, 5) is 14.1. The number of hydrogen-bond donors (Lipinski definition) is 2. The second-order valence-electron chi connectivity index (χ2n) is 5.79. The number of alkyl halides is 3. The normalized spacial score (nSPS) is 18.2. The number of nitrogens with one attached hydrogen (secondary N) is 1. The van der Waals surface area contributed by atoms with Crippen molar-refractivity contribution in [3.8, 4) is 0 Å². The van der Waals surface area contributed by atoms with Gasteiger partial charge in [0.15, 0.2) is 0 Å². The molecule has 2 aromatic rings. The molecule has 0 bridgehead atoms. The van der Waals surface area contributed by atoms with Gasteiger partial charge in [-0.3, -0.25) is 4.79 Å². The Morgan fingerprint density at radius 3 is 2.74 bits per heavy atom. The van der Waals surface area contributed by atoms with E-state index in [4.69, 9.17) is 5.73 Å². The van der Waals surface area contributed by atoms with Gasteiger partial charge in [0.1, 0.15) is 5.82 Å². The lowest BCUT2D eigenvalue weighted by atomic mass is 9.86. The van der Waals surface area contributed by atoms with E-state index in [0.29, 0.717) is 27.7 Å². The summed E-state index contributed by atoms with van der Waals surface area (Å²) < 4.78 is 53.1. The fourth-order valence-electron chi connectivity index (χ4n) is 3.21. The molecule has 1 aliphatic rings. The number of amides is 1. The summed E-state index contributed by atoms with van der Waals surface area (Å²) in [6.45, 7) is 0. The summed E-state index contributed by atoms with van der Waals surface area (Å²) in [7, 11) is 0. The highest BCUT2D eigenvalue weighted by molar-refractivity contribution is 9.10. The van der Waals surface area contributed by atoms with Gasteiger partial charge in [-0.1, -0.05) is 0 Å². The Balaban J connectivity index is 2.16. The van der Waals surface area contributed by atoms with Crippen molar-refractivity contribution in [2.75, 3.05) is 0 Å². The van der Waals surface area contributed by atoms with E-state index in [0.717, 1.165) is 0 Å². The standard InChI is InChI=1S/C15H13BrF4N2O/c16-13-9(17)3-6(4-11(21)23)14-12(13)8-2-1-7(15(18,19)20)5-10(8)22-14/h3,7,22H,1-2,4-5H2,(H2,21,23). The van der Waals surface area contributed by atoms with E-state index in [9.17, 15) is 22.4 Å². The molecule has 23 heavy (non-hydrogen) atoms. The highest BCUT2D eigenvalue weighted by Gasteiger charge is 2.42. The summed E-state index contributed by atoms with van der Waals surface area (Å²) in [5, 5.41) is 0.511. The summed E-state index contributed by atoms with van der Waals surface area (Å²) in [5.74, 6) is -2.60. The number of carbonyl (C=O) groups is 1. The number of hydrogen-bond acceptors (Lipinski definition) is 1. The largest absolute Gasteiger partial charge is 0.392 e. The predicted octanol–water partition coefficient (Wildman–Crippen LogP) is 3.76. The summed E-state index contributed by atoms with van der Waals surface area (Å²) in [5.41, 5.74) is 7.13. The van der Waals surface area contributed by atoms with Crippen molar-refractivity contribution in [1.29, 1.82) is 0 Å². The van der Waals surface area contributed by atoms with Gasteiger partial charge >= 0.3 is 6.18 Å². The maximum atomic E-state index is 14.1. The van der Waals surface area contributed by atoms with E-state index in [1.54, 1.807) is 0 Å². The monoisotopic (exact) mass is 392 g/mol. The minimum Gasteiger partial charge on any atom is -0.369 e. The molecule has 1 atom stereocenters. The molecule has 1 aromatic carbocycles. The lowest BCUT2D eigenvalue weighted by molar-refractivity contribution is -0.177. The summed E-state index contributed by atoms with van der Waals surface area (Å²) >= 11 is 3.16. The molecule has 1 unspecified atom stereocenters. The minimum atomic E-state index is -4.26. The maximum Gasteiger partial charge on any atom is 0.392 e. The molecule has 8 heteroatoms. The quantitative estimate of drug-likeness (QED) is 0.751. The van der Waals surface area contributed by atoms with E-state index in [-0.39, 0.29) is 30.2 Å². The second-order valence-corrected chi connectivity index (χ2v) is 6.58. The van der Waals surface area contributed by atoms with Gasteiger partial charge in [0.05, 0.1) is 22.3 Å². The summed E-state index contributed by atoms with van der Waals surface area (Å²) in [6.07, 6.45) is -4.43. The SMILES string of the molecule is NC(=O)Cc1cc(F)c(Br)c2c3c([nH]c12)CC(C(F)(F)F)CC3. The molecule has 124 valence electrons. The van der Waals surface area contributed by atoms with Crippen LogP contribution in [0, 0.1) is 11.7 Å². The van der Waals surface area contributed by atoms with E-state index in [1.807, 2.05) is 0 Å². The average Bonchev–Trinajstić information content (AvgIpc) is 2.82. The van der Waals surface area contributed by atoms with E-state index >= 15 is 0 Å². The van der Waals surface area contributed by atoms with Crippen LogP contribution in [0.3, 0.4) is 0 Å². The van der Waals surface area contributed by atoms with Gasteiger partial charge in [-0.2, -0.15) is 13.2 Å². The summed E-state index contributed by atoms with van der Waals surface area (Å²) in [6, 6.07) is 1.18. The number of aryl methyl sites for hydroxylation is 1. The fraction of sp³-hybridized carbons (Fsp3) is 0.400. The Labute approximate surface area is 137 Å². The molecule has 3 rings (SSSR count). The maximum absolute atomic E-state index is 14.1. The number of fused-ring (bicyclic) bond motifs is 3. The second kappa shape index (κ2) is 5.51. The molecular formula is C15H13BrF4N2O. The first-order chi connectivity index (χ1) is 10.7. The van der Waals surface area contributed by atoms with E-state index in [1.165, 1.54) is 6.07 Å². The Morgan fingerprint density at radius 2 is 2.13 bits per heavy atom. The average molecular weight is 393 g/mol. The van der Waals surface area contributed by atoms with Crippen LogP contribution >= 0.6 is 15.9 Å². The number of nitrogens with two attached hydrogens (primary N) is 1. The van der Waals surface area contributed by atoms with E-state index in [2.05, 4.69) is 20.9 Å². The van der Waals surface area contributed by atoms with Crippen molar-refractivity contribution in [3.63, 3.8) is 0 Å². The third-order valence-electron chi connectivity index (χ3n) is 4.26. The third kappa shape index (κ3) is 2.84. The van der Waals surface area contributed by atoms with Crippen LogP contribution in [0.1, 0.15) is 23.2 Å². The number of carbonyl (C=O) groups excluding carboxylic acids is 1. The number of benzene rings is 1. The van der Waals surface area contributed by atoms with Crippen LogP contribution in [0.5, 0.6) is 0 Å². The molecule has 1 aliphatic carbocycles. The Hall–Kier alpha value is -1.57. The Bertz CT molecular complexity index is 797. The number of aromatic amines is 1. The smallest absolute Gasteiger partial charge is 0.369 e. The molecular weight excluding hydrogens is 380 g/mol. The predicted molar refractivity (Wildman–Crippen MR) is 80.4 cm³/mol. The molecule has 0 aliphatic heterocycles. The van der Waals surface area contributed by atoms with Crippen LogP contribution in [0.15, 0.2) is 10.5 Å². The molecule has 1 aromatic heterocycles. The lowest BCUT2D eigenvalue weighted by Gasteiger charge is -2.24. The van der Waals surface area contributed by atoms with Gasteiger partial charge in [-0.05, 0) is 52.4 Å². The Kier molecular flexibility index (Phi) is 3.90. The van der Waals surface area contributed by atoms with Gasteiger partial charge in [0.2, 0.25) is 5.91 Å². The highest BCUT2D eigenvalue weighted by atomic mass is 79.9. The van der Waals surface area contributed by atoms with Crippen LogP contribution in [0.2, 0.25) is 0 Å². The van der Waals surface area contributed by atoms with Crippen LogP contribution in [0.25, 0.3) is 10.9 Å². The zero-order chi connectivity index (χ0) is 16.9. The molecule has 1 heterocycles. The molecule has 0 saturated carbocycles. The highest BCUT2D eigenvalue weighted by Crippen LogP contribution is 2.42. The van der Waals surface area contributed by atoms with Crippen molar-refractivity contribution >= 4 is 32.7 Å². The first-order valence-electron chi connectivity index (χ1n) is 7.03. The van der Waals surface area contributed by atoms with Gasteiger partial charge < -0.3 is 10.7 Å². The van der Waals surface area contributed by atoms with Crippen LogP contribution in [-0.4, -0.2) is 17.1 Å². The number of halogens is 5. The van der Waals surface area contributed by atoms with Gasteiger partial charge in [0, 0.05) is 11.1 Å². The van der Waals surface area contributed by atoms with Gasteiger partial charge in [0.25, 0.3) is 0 Å². The number of primary amides is 1. The molecule has 0 saturated heterocycles. The van der Waals surface area contributed by atoms with Crippen molar-refractivity contribution in [3.05, 3.63) is 33.2 Å². The molecule has 3 N–H and O–H groups in total. The third-order valence-corrected chi connectivity index (χ3v) is 5.04. The van der Waals surface area contributed by atoms with Crippen LogP contribution in [0.4, 0.5) is 17.6 Å². The minimum absolute atomic E-state index is 0.0302. The zero-order valence-electron chi connectivity index (χ0n) is 11.9. The molecule has 0 fully saturated rings. The fourth-order valence-corrected chi connectivity index (χ4v) is 3.76. The van der Waals surface area contributed by atoms with Crippen molar-refractivity contribution in [2.24, 2.45) is 11.7 Å². The van der Waals surface area contributed by atoms with Gasteiger partial charge in [-0.25, -0.2) is 4.39 Å². The van der Waals surface area contributed by atoms with Crippen LogP contribution < -0.4 is 5.73 Å². The first-order valence-corrected chi connectivity index (χ1v) is 7.83. The van der Waals surface area contributed by atoms with Crippen LogP contribution in [-0.2, 0) is 24.1 Å². The molecule has 0 radical (unpaired) electrons. The lowest BCUT2D eigenvalue weighted by Crippen LogP contribution is -2.28. The van der Waals surface area contributed by atoms with Crippen molar-refractivity contribution < 1.29 is 22.4 Å². The number of aromatic nitrogens is 1. The molecule has 1 amide bonds. The first kappa shape index (κ1) is 16.3. The van der Waals surface area contributed by atoms with Gasteiger partial charge in [-0.15, -0.1) is 0 Å². The van der Waals surface area contributed by atoms with Crippen molar-refractivity contribution in [2.45, 2.75) is 31.9 Å². The van der Waals surface area contributed by atoms with E-state index < -0.39 is 23.8 Å². The van der Waals surface area contributed by atoms with Crippen molar-refractivity contribution in [1.82, 2.24) is 4.98 Å². The number of rotatable bonds is 2. The molecule has 3 nitrogen and oxygen atoms in total. The topological polar surface area (TPSA) is 58.9 Å². The number of H-pyrrole nitrogens is 1. The Morgan fingerprint density at radius 1 is 1.43 bits per heavy atom.